The van der Waals surface area contributed by atoms with Crippen molar-refractivity contribution in [1.29, 1.82) is 0 Å². The molecule has 6 nitrogen and oxygen atoms in total. The minimum atomic E-state index is 0.242. The number of allylic oxidation sites excluding steroid dienone is 14. The van der Waals surface area contributed by atoms with E-state index in [1.165, 1.54) is 150 Å². The molecule has 128 heavy (non-hydrogen) atoms. The summed E-state index contributed by atoms with van der Waals surface area (Å²) in [6, 6.07) is 129. The summed E-state index contributed by atoms with van der Waals surface area (Å²) in [5.74, 6) is 0.497. The fourth-order valence-corrected chi connectivity index (χ4v) is 23.5. The Labute approximate surface area is 743 Å². The summed E-state index contributed by atoms with van der Waals surface area (Å²) in [4.78, 5) is 31.4. The molecule has 0 saturated carbocycles. The first-order valence-electron chi connectivity index (χ1n) is 43.7. The molecule has 4 aliphatic rings. The van der Waals surface area contributed by atoms with Crippen LogP contribution in [-0.4, -0.2) is 29.9 Å². The van der Waals surface area contributed by atoms with Gasteiger partial charge in [-0.1, -0.05) is 334 Å². The van der Waals surface area contributed by atoms with Crippen molar-refractivity contribution in [3.8, 4) is 67.4 Å². The zero-order valence-electron chi connectivity index (χ0n) is 68.9. The van der Waals surface area contributed by atoms with E-state index >= 15 is 0 Å². The summed E-state index contributed by atoms with van der Waals surface area (Å²) < 4.78 is 5.26. The van der Waals surface area contributed by atoms with Crippen molar-refractivity contribution in [1.82, 2.24) is 29.9 Å². The van der Waals surface area contributed by atoms with Crippen molar-refractivity contribution >= 4 is 193 Å². The molecule has 0 bridgehead atoms. The number of pyridine rings is 6. The van der Waals surface area contributed by atoms with E-state index in [2.05, 4.69) is 394 Å². The average Bonchev–Trinajstić information content (AvgIpc) is 0.847. The fraction of sp³-hybridized carbons (Fsp3) is 0.0167. The van der Waals surface area contributed by atoms with Crippen LogP contribution in [0.2, 0.25) is 0 Å². The molecule has 2 atom stereocenters. The Bertz CT molecular complexity index is 9260. The fourth-order valence-electron chi connectivity index (χ4n) is 21.0. The molecule has 0 amide bonds. The molecule has 0 fully saturated rings. The van der Waals surface area contributed by atoms with E-state index in [9.17, 15) is 0 Å². The Morgan fingerprint density at radius 3 is 1.26 bits per heavy atom. The number of hydrogen-bond acceptors (Lipinski definition) is 8. The Kier molecular flexibility index (Phi) is 16.2. The van der Waals surface area contributed by atoms with Gasteiger partial charge in [-0.05, 0) is 155 Å². The third-order valence-corrected chi connectivity index (χ3v) is 29.4. The maximum absolute atomic E-state index is 5.37. The molecule has 0 spiro atoms. The molecule has 592 valence electrons. The lowest BCUT2D eigenvalue weighted by Crippen LogP contribution is -2.29. The van der Waals surface area contributed by atoms with Gasteiger partial charge in [-0.3, -0.25) is 4.98 Å². The van der Waals surface area contributed by atoms with Crippen molar-refractivity contribution in [2.75, 3.05) is 0 Å². The van der Waals surface area contributed by atoms with Crippen LogP contribution in [0.3, 0.4) is 0 Å². The smallest absolute Gasteiger partial charge is 0.0972 e. The van der Waals surface area contributed by atoms with Crippen molar-refractivity contribution < 1.29 is 0 Å². The maximum atomic E-state index is 5.37. The zero-order valence-corrected chi connectivity index (χ0v) is 70.5. The first-order chi connectivity index (χ1) is 63.4. The van der Waals surface area contributed by atoms with Crippen LogP contribution in [0.5, 0.6) is 0 Å². The number of aromatic nitrogens is 6. The molecule has 8 heteroatoms. The van der Waals surface area contributed by atoms with Gasteiger partial charge in [0.25, 0.3) is 0 Å². The van der Waals surface area contributed by atoms with Gasteiger partial charge in [-0.15, -0.1) is 22.7 Å². The highest BCUT2D eigenvalue weighted by Crippen LogP contribution is 2.55. The topological polar surface area (TPSA) is 77.3 Å². The van der Waals surface area contributed by atoms with Gasteiger partial charge in [-0.2, -0.15) is 0 Å². The monoisotopic (exact) mass is 1660 g/mol. The summed E-state index contributed by atoms with van der Waals surface area (Å²) >= 11 is 3.76. The lowest BCUT2D eigenvalue weighted by Gasteiger charge is -2.41. The van der Waals surface area contributed by atoms with Gasteiger partial charge in [0.05, 0.1) is 61.6 Å². The first-order valence-corrected chi connectivity index (χ1v) is 45.4. The lowest BCUT2D eigenvalue weighted by molar-refractivity contribution is 0.568. The van der Waals surface area contributed by atoms with E-state index < -0.39 is 0 Å². The van der Waals surface area contributed by atoms with E-state index in [-0.39, 0.29) is 11.8 Å². The summed E-state index contributed by atoms with van der Waals surface area (Å²) in [6.07, 6.45) is 20.9. The molecule has 8 aromatic heterocycles. The molecular weight excluding hydrogens is 1590 g/mol. The van der Waals surface area contributed by atoms with E-state index in [1.807, 2.05) is 41.0 Å². The van der Waals surface area contributed by atoms with Crippen LogP contribution in [0.15, 0.2) is 435 Å². The van der Waals surface area contributed by atoms with Gasteiger partial charge in [-0.25, -0.2) is 24.9 Å². The molecule has 0 saturated heterocycles. The van der Waals surface area contributed by atoms with Crippen LogP contribution >= 0.6 is 22.7 Å². The van der Waals surface area contributed by atoms with Gasteiger partial charge in [0.2, 0.25) is 0 Å². The molecule has 8 heterocycles. The molecule has 28 rings (SSSR count). The van der Waals surface area contributed by atoms with Gasteiger partial charge < -0.3 is 0 Å². The number of thiophene rings is 2. The predicted octanol–water partition coefficient (Wildman–Crippen LogP) is 32.2. The molecule has 0 radical (unpaired) electrons. The van der Waals surface area contributed by atoms with Crippen LogP contribution in [0.4, 0.5) is 0 Å². The van der Waals surface area contributed by atoms with E-state index in [0.717, 1.165) is 122 Å². The number of rotatable bonds is 8. The third-order valence-electron chi connectivity index (χ3n) is 27.0. The predicted molar refractivity (Wildman–Crippen MR) is 541 cm³/mol. The quantitative estimate of drug-likeness (QED) is 0.141. The molecule has 4 aliphatic carbocycles. The summed E-state index contributed by atoms with van der Waals surface area (Å²) in [5, 5.41) is 24.3. The summed E-state index contributed by atoms with van der Waals surface area (Å²) in [6.45, 7) is 0. The van der Waals surface area contributed by atoms with Crippen LogP contribution in [0, 0.1) is 11.8 Å². The Morgan fingerprint density at radius 2 is 0.664 bits per heavy atom. The first kappa shape index (κ1) is 72.4. The van der Waals surface area contributed by atoms with Crippen molar-refractivity contribution in [3.05, 3.63) is 446 Å². The van der Waals surface area contributed by atoms with Gasteiger partial charge in [0.15, 0.2) is 0 Å². The normalized spacial score (nSPS) is 14.8. The lowest BCUT2D eigenvalue weighted by atomic mass is 9.62. The SMILES string of the molecule is C1=CC2=CC=C(c3cnc4c(ccc5ccc(-c6ccccc6)nc54)c3)C3=CC=C4C=C(c5cccc(-c6nc7ccccc7c7c6ccc6c8ccccc8sc67)c5)C=C1C4C23.c1ccc(-c2ccc3ccc4ccc(-c5ccc6c7ccc(-c8cccc(-c9nc%10ccccc%10c%10c9ccc9c%11ccccc%11sc9%10)c8)cc7c7ccccc7c6c5)nc4c3n2)cc1. The highest BCUT2D eigenvalue weighted by atomic mass is 32.1. The zero-order chi connectivity index (χ0) is 83.8. The van der Waals surface area contributed by atoms with Gasteiger partial charge in [0, 0.05) is 146 Å². The van der Waals surface area contributed by atoms with Crippen molar-refractivity contribution in [3.63, 3.8) is 0 Å². The molecule has 24 aromatic rings. The van der Waals surface area contributed by atoms with Crippen LogP contribution < -0.4 is 0 Å². The molecule has 2 unspecified atom stereocenters. The van der Waals surface area contributed by atoms with Crippen molar-refractivity contribution in [2.24, 2.45) is 11.8 Å². The number of fused-ring (bicyclic) bond motifs is 26. The van der Waals surface area contributed by atoms with Crippen LogP contribution in [-0.2, 0) is 0 Å². The second kappa shape index (κ2) is 28.7. The Hall–Kier alpha value is -16.1. The second-order valence-electron chi connectivity index (χ2n) is 34.1. The highest BCUT2D eigenvalue weighted by Gasteiger charge is 2.40. The van der Waals surface area contributed by atoms with Gasteiger partial charge in [0.1, 0.15) is 0 Å². The Balaban J connectivity index is 0.000000132. The summed E-state index contributed by atoms with van der Waals surface area (Å²) in [5.41, 5.74) is 28.6. The van der Waals surface area contributed by atoms with Crippen LogP contribution in [0.1, 0.15) is 11.1 Å². The number of para-hydroxylation sites is 2. The molecular formula is C120H70N6S2. The number of nitrogens with zero attached hydrogens (tertiary/aromatic N) is 6. The number of hydrogen-bond donors (Lipinski definition) is 0. The minimum Gasteiger partial charge on any atom is -0.253 e. The number of benzene rings is 16. The van der Waals surface area contributed by atoms with Crippen LogP contribution in [0.25, 0.3) is 238 Å². The van der Waals surface area contributed by atoms with Crippen molar-refractivity contribution in [2.45, 2.75) is 0 Å². The largest absolute Gasteiger partial charge is 0.253 e. The second-order valence-corrected chi connectivity index (χ2v) is 36.2. The minimum absolute atomic E-state index is 0.242. The standard InChI is InChI=1S/C61H35N3S.C59H35N3S/c1-2-11-36(12-3-1)53-31-25-37-21-22-38-26-32-54(63-60(38)59(37)62-53)41-24-28-46-45-27-23-40(34-51(45)43-15-4-5-16-44(43)52(46)35-41)39-13-10-14-42(33-39)58-50-30-29-48-47-17-7-9-20-56(47)65-61(48)57(50)49-18-6-8-19-55(49)64-58;1-2-9-34(10-3-1)50-28-23-36-18-20-41-32-43(33-60-57(41)58(36)61-50)44-24-21-35-17-19-38-30-42(31-39-22-25-46(44)54(35)53(38)39)37-11-8-12-40(29-37)56-49-27-26-47-45-13-5-7-16-52(45)63-59(47)55(49)48-14-4-6-15-51(48)62-56/h1-35H;1-33,53-54H. The molecule has 0 aliphatic heterocycles. The summed E-state index contributed by atoms with van der Waals surface area (Å²) in [7, 11) is 0. The third kappa shape index (κ3) is 11.6. The Morgan fingerprint density at radius 1 is 0.234 bits per heavy atom. The highest BCUT2D eigenvalue weighted by molar-refractivity contribution is 7.27. The van der Waals surface area contributed by atoms with E-state index in [1.54, 1.807) is 0 Å². The molecule has 16 aromatic carbocycles. The van der Waals surface area contributed by atoms with E-state index in [0.29, 0.717) is 0 Å². The molecule has 0 N–H and O–H groups in total. The van der Waals surface area contributed by atoms with E-state index in [4.69, 9.17) is 29.9 Å². The van der Waals surface area contributed by atoms with Gasteiger partial charge >= 0.3 is 0 Å². The maximum Gasteiger partial charge on any atom is 0.0972 e. The average molecular weight is 1660 g/mol.